The lowest BCUT2D eigenvalue weighted by molar-refractivity contribution is 0.332. The van der Waals surface area contributed by atoms with E-state index in [1.54, 1.807) is 6.08 Å². The summed E-state index contributed by atoms with van der Waals surface area (Å²) in [5, 5.41) is 0. The van der Waals surface area contributed by atoms with E-state index in [9.17, 15) is 0 Å². The van der Waals surface area contributed by atoms with Crippen molar-refractivity contribution in [2.45, 2.75) is 53.4 Å². The molecule has 3 nitrogen and oxygen atoms in total. The first-order chi connectivity index (χ1) is 9.01. The Bertz CT molecular complexity index is 315. The monoisotopic (exact) mass is 265 g/mol. The maximum absolute atomic E-state index is 5.86. The molecule has 0 spiro atoms. The van der Waals surface area contributed by atoms with Crippen molar-refractivity contribution in [3.8, 4) is 0 Å². The number of allylic oxidation sites excluding steroid dienone is 5. The predicted molar refractivity (Wildman–Crippen MR) is 85.4 cm³/mol. The van der Waals surface area contributed by atoms with E-state index >= 15 is 0 Å². The summed E-state index contributed by atoms with van der Waals surface area (Å²) < 4.78 is 0. The second-order valence-electron chi connectivity index (χ2n) is 5.06. The molecule has 0 aromatic heterocycles. The van der Waals surface area contributed by atoms with Gasteiger partial charge in [0.25, 0.3) is 0 Å². The first kappa shape index (κ1) is 17.6. The van der Waals surface area contributed by atoms with Crippen LogP contribution in [-0.2, 0) is 0 Å². The molecule has 0 aromatic carbocycles. The minimum Gasteiger partial charge on any atom is -0.402 e. The fourth-order valence-electron chi connectivity index (χ4n) is 1.80. The molecular weight excluding hydrogens is 234 g/mol. The second-order valence-corrected chi connectivity index (χ2v) is 5.06. The average Bonchev–Trinajstić information content (AvgIpc) is 2.35. The molecule has 0 heterocycles. The molecule has 0 aliphatic rings. The van der Waals surface area contributed by atoms with Gasteiger partial charge in [0.05, 0.1) is 0 Å². The average molecular weight is 265 g/mol. The Morgan fingerprint density at radius 2 is 1.47 bits per heavy atom. The van der Waals surface area contributed by atoms with Gasteiger partial charge in [-0.1, -0.05) is 26.7 Å². The summed E-state index contributed by atoms with van der Waals surface area (Å²) >= 11 is 0. The molecule has 110 valence electrons. The topological polar surface area (TPSA) is 55.3 Å². The predicted octanol–water partition coefficient (Wildman–Crippen LogP) is 3.50. The van der Waals surface area contributed by atoms with Crippen molar-refractivity contribution in [2.75, 3.05) is 13.1 Å². The molecule has 0 saturated carbocycles. The summed E-state index contributed by atoms with van der Waals surface area (Å²) in [4.78, 5) is 2.44. The maximum atomic E-state index is 5.86. The smallest absolute Gasteiger partial charge is 0.0331 e. The van der Waals surface area contributed by atoms with E-state index in [-0.39, 0.29) is 0 Å². The zero-order chi connectivity index (χ0) is 14.7. The number of hydrogen-bond donors (Lipinski definition) is 2. The summed E-state index contributed by atoms with van der Waals surface area (Å²) in [6.45, 7) is 10.7. The molecule has 0 aliphatic carbocycles. The number of nitrogens with zero attached hydrogens (tertiary/aromatic N) is 1. The summed E-state index contributed by atoms with van der Waals surface area (Å²) in [5.74, 6) is 0. The zero-order valence-corrected chi connectivity index (χ0v) is 13.1. The Kier molecular flexibility index (Phi) is 9.77. The summed E-state index contributed by atoms with van der Waals surface area (Å²) in [6.07, 6.45) is 10.7. The molecule has 0 bridgehead atoms. The van der Waals surface area contributed by atoms with Crippen molar-refractivity contribution >= 4 is 0 Å². The SMILES string of the molecule is CCCCN(CCCC)/C(C)=C/C=C(N)\C=C(/C)N. The molecule has 3 heteroatoms. The van der Waals surface area contributed by atoms with Crippen molar-refractivity contribution in [1.82, 2.24) is 4.90 Å². The molecule has 4 N–H and O–H groups in total. The molecule has 0 saturated heterocycles. The fourth-order valence-corrected chi connectivity index (χ4v) is 1.80. The molecule has 19 heavy (non-hydrogen) atoms. The van der Waals surface area contributed by atoms with Crippen molar-refractivity contribution in [3.63, 3.8) is 0 Å². The standard InChI is InChI=1S/C16H31N3/c1-5-7-11-19(12-8-6-2)15(4)9-10-16(18)13-14(3)17/h9-10,13H,5-8,11-12,17-18H2,1-4H3/b14-13+,15-9+,16-10+. The lowest BCUT2D eigenvalue weighted by Crippen LogP contribution is -2.24. The first-order valence-electron chi connectivity index (χ1n) is 7.34. The molecule has 0 amide bonds. The van der Waals surface area contributed by atoms with Gasteiger partial charge in [-0.3, -0.25) is 0 Å². The van der Waals surface area contributed by atoms with Crippen molar-refractivity contribution in [3.05, 3.63) is 35.3 Å². The number of unbranched alkanes of at least 4 members (excludes halogenated alkanes) is 2. The van der Waals surface area contributed by atoms with Crippen LogP contribution in [-0.4, -0.2) is 18.0 Å². The van der Waals surface area contributed by atoms with Gasteiger partial charge in [-0.2, -0.15) is 0 Å². The molecule has 0 unspecified atom stereocenters. The van der Waals surface area contributed by atoms with E-state index < -0.39 is 0 Å². The van der Waals surface area contributed by atoms with E-state index in [1.807, 2.05) is 13.0 Å². The Balaban J connectivity index is 4.66. The van der Waals surface area contributed by atoms with Crippen LogP contribution in [0.2, 0.25) is 0 Å². The third kappa shape index (κ3) is 9.23. The van der Waals surface area contributed by atoms with Crippen LogP contribution in [0.15, 0.2) is 35.3 Å². The molecule has 0 atom stereocenters. The van der Waals surface area contributed by atoms with Crippen LogP contribution in [0.5, 0.6) is 0 Å². The van der Waals surface area contributed by atoms with Gasteiger partial charge in [0.15, 0.2) is 0 Å². The lowest BCUT2D eigenvalue weighted by atomic mass is 10.2. The zero-order valence-electron chi connectivity index (χ0n) is 13.1. The Hall–Kier alpha value is -1.38. The van der Waals surface area contributed by atoms with Crippen molar-refractivity contribution < 1.29 is 0 Å². The van der Waals surface area contributed by atoms with Crippen LogP contribution in [0.1, 0.15) is 53.4 Å². The second kappa shape index (κ2) is 10.5. The largest absolute Gasteiger partial charge is 0.402 e. The lowest BCUT2D eigenvalue weighted by Gasteiger charge is -2.25. The van der Waals surface area contributed by atoms with Gasteiger partial charge in [-0.05, 0) is 44.9 Å². The van der Waals surface area contributed by atoms with Gasteiger partial charge in [-0.25, -0.2) is 0 Å². The van der Waals surface area contributed by atoms with Gasteiger partial charge in [0.2, 0.25) is 0 Å². The van der Waals surface area contributed by atoms with E-state index in [4.69, 9.17) is 11.5 Å². The highest BCUT2D eigenvalue weighted by Crippen LogP contribution is 2.08. The van der Waals surface area contributed by atoms with Gasteiger partial charge in [0.1, 0.15) is 0 Å². The highest BCUT2D eigenvalue weighted by Gasteiger charge is 2.03. The van der Waals surface area contributed by atoms with E-state index in [1.165, 1.54) is 31.4 Å². The van der Waals surface area contributed by atoms with Crippen LogP contribution in [0.25, 0.3) is 0 Å². The Labute approximate surface area is 119 Å². The van der Waals surface area contributed by atoms with Crippen molar-refractivity contribution in [1.29, 1.82) is 0 Å². The molecule has 0 fully saturated rings. The molecule has 0 aliphatic heterocycles. The maximum Gasteiger partial charge on any atom is 0.0331 e. The normalized spacial score (nSPS) is 13.8. The third-order valence-corrected chi connectivity index (χ3v) is 2.97. The van der Waals surface area contributed by atoms with Crippen LogP contribution < -0.4 is 11.5 Å². The highest BCUT2D eigenvalue weighted by atomic mass is 15.1. The minimum absolute atomic E-state index is 0.699. The number of hydrogen-bond acceptors (Lipinski definition) is 3. The van der Waals surface area contributed by atoms with Crippen LogP contribution in [0, 0.1) is 0 Å². The van der Waals surface area contributed by atoms with Crippen molar-refractivity contribution in [2.24, 2.45) is 11.5 Å². The molecule has 0 aromatic rings. The third-order valence-electron chi connectivity index (χ3n) is 2.97. The van der Waals surface area contributed by atoms with Gasteiger partial charge in [0, 0.05) is 30.2 Å². The van der Waals surface area contributed by atoms with E-state index in [2.05, 4.69) is 31.7 Å². The number of rotatable bonds is 9. The Morgan fingerprint density at radius 3 is 1.89 bits per heavy atom. The van der Waals surface area contributed by atoms with Gasteiger partial charge < -0.3 is 16.4 Å². The van der Waals surface area contributed by atoms with E-state index in [0.29, 0.717) is 5.70 Å². The summed E-state index contributed by atoms with van der Waals surface area (Å²) in [5.41, 5.74) is 14.2. The molecule has 0 radical (unpaired) electrons. The first-order valence-corrected chi connectivity index (χ1v) is 7.34. The fraction of sp³-hybridized carbons (Fsp3) is 0.625. The van der Waals surface area contributed by atoms with Crippen LogP contribution >= 0.6 is 0 Å². The summed E-state index contributed by atoms with van der Waals surface area (Å²) in [6, 6.07) is 0. The van der Waals surface area contributed by atoms with Gasteiger partial charge >= 0.3 is 0 Å². The van der Waals surface area contributed by atoms with Crippen LogP contribution in [0.4, 0.5) is 0 Å². The van der Waals surface area contributed by atoms with E-state index in [0.717, 1.165) is 18.8 Å². The molecule has 0 rings (SSSR count). The highest BCUT2D eigenvalue weighted by molar-refractivity contribution is 5.24. The van der Waals surface area contributed by atoms with Gasteiger partial charge in [-0.15, -0.1) is 0 Å². The quantitative estimate of drug-likeness (QED) is 0.627. The Morgan fingerprint density at radius 1 is 0.947 bits per heavy atom. The summed E-state index contributed by atoms with van der Waals surface area (Å²) in [7, 11) is 0. The molecular formula is C16H31N3. The number of nitrogens with two attached hydrogens (primary N) is 2. The van der Waals surface area contributed by atoms with Crippen LogP contribution in [0.3, 0.4) is 0 Å². The minimum atomic E-state index is 0.699.